The first-order valence-electron chi connectivity index (χ1n) is 9.23. The van der Waals surface area contributed by atoms with Gasteiger partial charge < -0.3 is 0 Å². The van der Waals surface area contributed by atoms with Gasteiger partial charge in [0.05, 0.1) is 15.1 Å². The summed E-state index contributed by atoms with van der Waals surface area (Å²) in [6.45, 7) is 0. The Hall–Kier alpha value is -3.40. The number of benzene rings is 3. The quantitative estimate of drug-likeness (QED) is 0.435. The number of hydrogen-bond acceptors (Lipinski definition) is 6. The second kappa shape index (κ2) is 8.38. The lowest BCUT2D eigenvalue weighted by atomic mass is 10.0. The number of sulfonamides is 1. The third kappa shape index (κ3) is 4.38. The number of nitrogens with zero attached hydrogens (tertiary/aromatic N) is 1. The smallest absolute Gasteiger partial charge is 0.257 e. The fourth-order valence-corrected chi connectivity index (χ4v) is 4.67. The Bertz CT molecular complexity index is 1380. The molecule has 0 aliphatic carbocycles. The third-order valence-electron chi connectivity index (χ3n) is 4.60. The van der Waals surface area contributed by atoms with Gasteiger partial charge in [0.15, 0.2) is 10.9 Å². The molecule has 2 N–H and O–H groups in total. The number of fused-ring (bicyclic) bond motifs is 1. The van der Waals surface area contributed by atoms with Gasteiger partial charge in [-0.05, 0) is 37.4 Å². The fourth-order valence-electron chi connectivity index (χ4n) is 2.94. The van der Waals surface area contributed by atoms with E-state index >= 15 is 0 Å². The molecule has 0 fully saturated rings. The number of nitrogens with one attached hydrogen (secondary N) is 2. The summed E-state index contributed by atoms with van der Waals surface area (Å²) in [4.78, 5) is 29.5. The van der Waals surface area contributed by atoms with Gasteiger partial charge in [-0.2, -0.15) is 0 Å². The average molecular weight is 452 g/mol. The van der Waals surface area contributed by atoms with Crippen LogP contribution in [-0.4, -0.2) is 32.1 Å². The molecule has 0 radical (unpaired) electrons. The molecule has 0 saturated heterocycles. The topological polar surface area (TPSA) is 105 Å². The van der Waals surface area contributed by atoms with Gasteiger partial charge >= 0.3 is 0 Å². The number of carbonyl (C=O) groups excluding carboxylic acids is 2. The molecular formula is C22H17N3O4S2. The number of anilines is 1. The normalized spacial score (nSPS) is 11.4. The molecule has 0 atom stereocenters. The zero-order valence-electron chi connectivity index (χ0n) is 16.3. The predicted molar refractivity (Wildman–Crippen MR) is 120 cm³/mol. The van der Waals surface area contributed by atoms with Gasteiger partial charge in [-0.25, -0.2) is 18.1 Å². The summed E-state index contributed by atoms with van der Waals surface area (Å²) in [6, 6.07) is 19.9. The SMILES string of the molecule is CNS(=O)(=O)c1ccc2nc(NC(=O)c3ccc(C(=O)c4ccccc4)cc3)sc2c1. The average Bonchev–Trinajstić information content (AvgIpc) is 3.20. The van der Waals surface area contributed by atoms with E-state index in [0.29, 0.717) is 32.0 Å². The van der Waals surface area contributed by atoms with Crippen molar-refractivity contribution in [1.82, 2.24) is 9.71 Å². The monoisotopic (exact) mass is 451 g/mol. The molecule has 0 unspecified atom stereocenters. The van der Waals surface area contributed by atoms with Crippen LogP contribution in [0.25, 0.3) is 10.2 Å². The van der Waals surface area contributed by atoms with Crippen molar-refractivity contribution < 1.29 is 18.0 Å². The summed E-state index contributed by atoms with van der Waals surface area (Å²) in [5.41, 5.74) is 2.02. The first-order chi connectivity index (χ1) is 14.9. The van der Waals surface area contributed by atoms with Crippen LogP contribution in [0.3, 0.4) is 0 Å². The molecule has 0 spiro atoms. The minimum atomic E-state index is -3.56. The van der Waals surface area contributed by atoms with E-state index < -0.39 is 10.0 Å². The lowest BCUT2D eigenvalue weighted by molar-refractivity contribution is 0.102. The van der Waals surface area contributed by atoms with E-state index in [2.05, 4.69) is 15.0 Å². The zero-order chi connectivity index (χ0) is 22.0. The highest BCUT2D eigenvalue weighted by Gasteiger charge is 2.15. The molecule has 0 aliphatic rings. The van der Waals surface area contributed by atoms with Crippen molar-refractivity contribution in [3.8, 4) is 0 Å². The van der Waals surface area contributed by atoms with Crippen LogP contribution in [0.1, 0.15) is 26.3 Å². The van der Waals surface area contributed by atoms with Crippen LogP contribution in [0, 0.1) is 0 Å². The fraction of sp³-hybridized carbons (Fsp3) is 0.0455. The van der Waals surface area contributed by atoms with Crippen LogP contribution < -0.4 is 10.0 Å². The Morgan fingerprint density at radius 1 is 0.871 bits per heavy atom. The number of amides is 1. The second-order valence-electron chi connectivity index (χ2n) is 6.58. The van der Waals surface area contributed by atoms with E-state index in [1.807, 2.05) is 6.07 Å². The number of hydrogen-bond donors (Lipinski definition) is 2. The molecule has 0 aliphatic heterocycles. The van der Waals surface area contributed by atoms with Gasteiger partial charge in [0.2, 0.25) is 10.0 Å². The summed E-state index contributed by atoms with van der Waals surface area (Å²) in [5, 5.41) is 3.07. The first-order valence-corrected chi connectivity index (χ1v) is 11.5. The molecule has 31 heavy (non-hydrogen) atoms. The van der Waals surface area contributed by atoms with Crippen molar-refractivity contribution in [2.24, 2.45) is 0 Å². The Labute approximate surface area is 182 Å². The summed E-state index contributed by atoms with van der Waals surface area (Å²) >= 11 is 1.18. The van der Waals surface area contributed by atoms with Crippen LogP contribution in [0.15, 0.2) is 77.7 Å². The van der Waals surface area contributed by atoms with Gasteiger partial charge in [0, 0.05) is 16.7 Å². The molecule has 0 saturated carbocycles. The standard InChI is InChI=1S/C22H17N3O4S2/c1-23-31(28,29)17-11-12-18-19(13-17)30-22(24-18)25-21(27)16-9-7-15(8-10-16)20(26)14-5-3-2-4-6-14/h2-13,23H,1H3,(H,24,25,27). The Balaban J connectivity index is 1.51. The highest BCUT2D eigenvalue weighted by atomic mass is 32.2. The number of thiazole rings is 1. The van der Waals surface area contributed by atoms with Gasteiger partial charge in [0.1, 0.15) is 0 Å². The Morgan fingerprint density at radius 2 is 1.52 bits per heavy atom. The van der Waals surface area contributed by atoms with E-state index in [9.17, 15) is 18.0 Å². The number of carbonyl (C=O) groups is 2. The van der Waals surface area contributed by atoms with Crippen LogP contribution >= 0.6 is 11.3 Å². The van der Waals surface area contributed by atoms with E-state index in [-0.39, 0.29) is 16.6 Å². The molecule has 0 bridgehead atoms. The van der Waals surface area contributed by atoms with Crippen molar-refractivity contribution in [2.45, 2.75) is 4.90 Å². The minimum Gasteiger partial charge on any atom is -0.298 e. The molecule has 7 nitrogen and oxygen atoms in total. The molecule has 4 rings (SSSR count). The van der Waals surface area contributed by atoms with E-state index in [1.165, 1.54) is 30.5 Å². The summed E-state index contributed by atoms with van der Waals surface area (Å²) in [7, 11) is -2.22. The third-order valence-corrected chi connectivity index (χ3v) is 6.95. The van der Waals surface area contributed by atoms with Crippen LogP contribution in [0.5, 0.6) is 0 Å². The maximum absolute atomic E-state index is 12.6. The van der Waals surface area contributed by atoms with Crippen LogP contribution in [-0.2, 0) is 10.0 Å². The van der Waals surface area contributed by atoms with Gasteiger partial charge in [-0.15, -0.1) is 0 Å². The molecule has 156 valence electrons. The highest BCUT2D eigenvalue weighted by Crippen LogP contribution is 2.28. The van der Waals surface area contributed by atoms with Gasteiger partial charge in [-0.3, -0.25) is 14.9 Å². The largest absolute Gasteiger partial charge is 0.298 e. The molecule has 3 aromatic carbocycles. The molecule has 1 aromatic heterocycles. The number of rotatable bonds is 6. The first kappa shape index (κ1) is 20.9. The summed E-state index contributed by atoms with van der Waals surface area (Å²) < 4.78 is 26.8. The van der Waals surface area contributed by atoms with Crippen molar-refractivity contribution in [3.63, 3.8) is 0 Å². The minimum absolute atomic E-state index is 0.119. The zero-order valence-corrected chi connectivity index (χ0v) is 18.0. The molecule has 4 aromatic rings. The van der Waals surface area contributed by atoms with E-state index in [4.69, 9.17) is 0 Å². The number of aromatic nitrogens is 1. The summed E-state index contributed by atoms with van der Waals surface area (Å²) in [5.74, 6) is -0.494. The van der Waals surface area contributed by atoms with E-state index in [1.54, 1.807) is 54.6 Å². The Morgan fingerprint density at radius 3 is 2.19 bits per heavy atom. The molecule has 1 heterocycles. The van der Waals surface area contributed by atoms with Crippen molar-refractivity contribution >= 4 is 48.4 Å². The maximum Gasteiger partial charge on any atom is 0.257 e. The Kier molecular flexibility index (Phi) is 5.64. The van der Waals surface area contributed by atoms with Crippen molar-refractivity contribution in [2.75, 3.05) is 12.4 Å². The van der Waals surface area contributed by atoms with Crippen molar-refractivity contribution in [1.29, 1.82) is 0 Å². The maximum atomic E-state index is 12.6. The highest BCUT2D eigenvalue weighted by molar-refractivity contribution is 7.89. The lowest BCUT2D eigenvalue weighted by Crippen LogP contribution is -2.18. The summed E-state index contributed by atoms with van der Waals surface area (Å²) in [6.07, 6.45) is 0. The van der Waals surface area contributed by atoms with Crippen LogP contribution in [0.2, 0.25) is 0 Å². The van der Waals surface area contributed by atoms with E-state index in [0.717, 1.165) is 0 Å². The number of ketones is 1. The molecular weight excluding hydrogens is 434 g/mol. The predicted octanol–water partition coefficient (Wildman–Crippen LogP) is 3.69. The molecule has 1 amide bonds. The lowest BCUT2D eigenvalue weighted by Gasteiger charge is -2.04. The molecule has 9 heteroatoms. The second-order valence-corrected chi connectivity index (χ2v) is 9.50. The van der Waals surface area contributed by atoms with Crippen LogP contribution in [0.4, 0.5) is 5.13 Å². The van der Waals surface area contributed by atoms with Gasteiger partial charge in [-0.1, -0.05) is 53.8 Å². The van der Waals surface area contributed by atoms with Crippen molar-refractivity contribution in [3.05, 3.63) is 89.5 Å². The van der Waals surface area contributed by atoms with Gasteiger partial charge in [0.25, 0.3) is 5.91 Å².